The summed E-state index contributed by atoms with van der Waals surface area (Å²) in [5, 5.41) is 4.09. The Bertz CT molecular complexity index is 309. The highest BCUT2D eigenvalue weighted by molar-refractivity contribution is 9.10. The molecule has 1 aromatic heterocycles. The third-order valence-corrected chi connectivity index (χ3v) is 3.70. The van der Waals surface area contributed by atoms with Crippen molar-refractivity contribution >= 4 is 33.2 Å². The van der Waals surface area contributed by atoms with E-state index < -0.39 is 0 Å². The Hall–Kier alpha value is -0.350. The highest BCUT2D eigenvalue weighted by Gasteiger charge is 2.14. The van der Waals surface area contributed by atoms with E-state index in [2.05, 4.69) is 21.3 Å². The quantitative estimate of drug-likeness (QED) is 0.786. The Morgan fingerprint density at radius 1 is 1.64 bits per heavy atom. The van der Waals surface area contributed by atoms with Crippen LogP contribution in [0.5, 0.6) is 0 Å². The van der Waals surface area contributed by atoms with E-state index in [1.54, 1.807) is 11.3 Å². The van der Waals surface area contributed by atoms with Crippen LogP contribution in [0.1, 0.15) is 31.7 Å². The van der Waals surface area contributed by atoms with Crippen LogP contribution >= 0.6 is 27.3 Å². The van der Waals surface area contributed by atoms with Crippen LogP contribution in [0.4, 0.5) is 0 Å². The standard InChI is InChI=1S/C10H13BrO2S/c1-3-13-10(12)4-7(2)8-5-14-6-9(8)11/h5-7H,3-4H2,1-2H3. The first-order valence-electron chi connectivity index (χ1n) is 4.52. The van der Waals surface area contributed by atoms with Gasteiger partial charge in [-0.2, -0.15) is 11.3 Å². The van der Waals surface area contributed by atoms with E-state index in [4.69, 9.17) is 4.74 Å². The largest absolute Gasteiger partial charge is 0.466 e. The second-order valence-electron chi connectivity index (χ2n) is 3.09. The fourth-order valence-electron chi connectivity index (χ4n) is 1.22. The zero-order valence-electron chi connectivity index (χ0n) is 8.25. The molecule has 0 aliphatic heterocycles. The summed E-state index contributed by atoms with van der Waals surface area (Å²) >= 11 is 5.09. The molecule has 1 aromatic rings. The number of rotatable bonds is 4. The van der Waals surface area contributed by atoms with Crippen LogP contribution in [0.3, 0.4) is 0 Å². The zero-order chi connectivity index (χ0) is 10.6. The first kappa shape index (κ1) is 11.7. The average molecular weight is 277 g/mol. The summed E-state index contributed by atoms with van der Waals surface area (Å²) in [7, 11) is 0. The summed E-state index contributed by atoms with van der Waals surface area (Å²) < 4.78 is 5.98. The normalized spacial score (nSPS) is 12.5. The molecule has 1 heterocycles. The fourth-order valence-corrected chi connectivity index (χ4v) is 3.03. The maximum absolute atomic E-state index is 11.2. The lowest BCUT2D eigenvalue weighted by Crippen LogP contribution is -2.08. The molecular weight excluding hydrogens is 264 g/mol. The maximum atomic E-state index is 11.2. The van der Waals surface area contributed by atoms with E-state index in [0.29, 0.717) is 13.0 Å². The monoisotopic (exact) mass is 276 g/mol. The third kappa shape index (κ3) is 3.10. The van der Waals surface area contributed by atoms with Gasteiger partial charge in [-0.1, -0.05) is 6.92 Å². The van der Waals surface area contributed by atoms with Gasteiger partial charge in [0, 0.05) is 9.85 Å². The van der Waals surface area contributed by atoms with Gasteiger partial charge in [0.25, 0.3) is 0 Å². The Kier molecular flexibility index (Phi) is 4.62. The molecule has 1 atom stereocenters. The molecule has 0 aromatic carbocycles. The van der Waals surface area contributed by atoms with Crippen LogP contribution in [0.15, 0.2) is 15.2 Å². The number of ether oxygens (including phenoxy) is 1. The van der Waals surface area contributed by atoms with E-state index in [-0.39, 0.29) is 11.9 Å². The van der Waals surface area contributed by atoms with Crippen molar-refractivity contribution in [1.82, 2.24) is 0 Å². The molecule has 14 heavy (non-hydrogen) atoms. The second-order valence-corrected chi connectivity index (χ2v) is 4.68. The lowest BCUT2D eigenvalue weighted by molar-refractivity contribution is -0.143. The molecule has 1 rings (SSSR count). The molecule has 0 spiro atoms. The van der Waals surface area contributed by atoms with Gasteiger partial charge in [-0.15, -0.1) is 0 Å². The number of esters is 1. The van der Waals surface area contributed by atoms with Crippen molar-refractivity contribution < 1.29 is 9.53 Å². The van der Waals surface area contributed by atoms with Crippen molar-refractivity contribution in [1.29, 1.82) is 0 Å². The van der Waals surface area contributed by atoms with E-state index in [0.717, 1.165) is 4.47 Å². The summed E-state index contributed by atoms with van der Waals surface area (Å²) in [4.78, 5) is 11.2. The predicted molar refractivity (Wildman–Crippen MR) is 61.7 cm³/mol. The molecule has 0 fully saturated rings. The summed E-state index contributed by atoms with van der Waals surface area (Å²) in [6.45, 7) is 4.31. The molecule has 0 aliphatic carbocycles. The van der Waals surface area contributed by atoms with E-state index in [1.165, 1.54) is 5.56 Å². The van der Waals surface area contributed by atoms with Crippen LogP contribution in [0.2, 0.25) is 0 Å². The van der Waals surface area contributed by atoms with Gasteiger partial charge in [-0.25, -0.2) is 0 Å². The fraction of sp³-hybridized carbons (Fsp3) is 0.500. The Balaban J connectivity index is 2.54. The Labute approximate surface area is 96.4 Å². The number of carbonyl (C=O) groups excluding carboxylic acids is 1. The number of thiophene rings is 1. The van der Waals surface area contributed by atoms with Crippen molar-refractivity contribution in [2.45, 2.75) is 26.2 Å². The van der Waals surface area contributed by atoms with Gasteiger partial charge in [-0.05, 0) is 39.7 Å². The molecule has 1 unspecified atom stereocenters. The van der Waals surface area contributed by atoms with Crippen LogP contribution in [0, 0.1) is 0 Å². The van der Waals surface area contributed by atoms with Crippen LogP contribution in [-0.4, -0.2) is 12.6 Å². The third-order valence-electron chi connectivity index (χ3n) is 1.95. The summed E-state index contributed by atoms with van der Waals surface area (Å²) in [5.74, 6) is 0.0905. The van der Waals surface area contributed by atoms with Gasteiger partial charge in [0.1, 0.15) is 0 Å². The summed E-state index contributed by atoms with van der Waals surface area (Å²) in [5.41, 5.74) is 1.18. The SMILES string of the molecule is CCOC(=O)CC(C)c1cscc1Br. The molecule has 78 valence electrons. The maximum Gasteiger partial charge on any atom is 0.306 e. The molecule has 0 radical (unpaired) electrons. The molecule has 0 amide bonds. The van der Waals surface area contributed by atoms with Crippen LogP contribution in [-0.2, 0) is 9.53 Å². The minimum atomic E-state index is -0.127. The van der Waals surface area contributed by atoms with E-state index in [1.807, 2.05) is 19.2 Å². The molecule has 2 nitrogen and oxygen atoms in total. The highest BCUT2D eigenvalue weighted by Crippen LogP contribution is 2.30. The molecular formula is C10H13BrO2S. The molecule has 0 N–H and O–H groups in total. The second kappa shape index (κ2) is 5.51. The number of hydrogen-bond donors (Lipinski definition) is 0. The summed E-state index contributed by atoms with van der Waals surface area (Å²) in [6, 6.07) is 0. The van der Waals surface area contributed by atoms with Crippen molar-refractivity contribution in [2.75, 3.05) is 6.61 Å². The molecule has 0 saturated heterocycles. The van der Waals surface area contributed by atoms with Crippen molar-refractivity contribution in [2.24, 2.45) is 0 Å². The smallest absolute Gasteiger partial charge is 0.306 e. The molecule has 0 bridgehead atoms. The average Bonchev–Trinajstić information content (AvgIpc) is 2.51. The Morgan fingerprint density at radius 2 is 2.36 bits per heavy atom. The number of hydrogen-bond acceptors (Lipinski definition) is 3. The predicted octanol–water partition coefficient (Wildman–Crippen LogP) is 3.57. The molecule has 4 heteroatoms. The number of carbonyl (C=O) groups is 1. The topological polar surface area (TPSA) is 26.3 Å². The molecule has 0 saturated carbocycles. The van der Waals surface area contributed by atoms with Crippen LogP contribution < -0.4 is 0 Å². The van der Waals surface area contributed by atoms with Gasteiger partial charge >= 0.3 is 5.97 Å². The van der Waals surface area contributed by atoms with Crippen molar-refractivity contribution in [3.8, 4) is 0 Å². The summed E-state index contributed by atoms with van der Waals surface area (Å²) in [6.07, 6.45) is 0.448. The van der Waals surface area contributed by atoms with Gasteiger partial charge in [-0.3, -0.25) is 4.79 Å². The van der Waals surface area contributed by atoms with E-state index >= 15 is 0 Å². The Morgan fingerprint density at radius 3 is 2.86 bits per heavy atom. The first-order valence-corrected chi connectivity index (χ1v) is 6.26. The molecule has 0 aliphatic rings. The van der Waals surface area contributed by atoms with Gasteiger partial charge < -0.3 is 4.74 Å². The van der Waals surface area contributed by atoms with Gasteiger partial charge in [0.05, 0.1) is 13.0 Å². The van der Waals surface area contributed by atoms with Crippen molar-refractivity contribution in [3.63, 3.8) is 0 Å². The highest BCUT2D eigenvalue weighted by atomic mass is 79.9. The van der Waals surface area contributed by atoms with Crippen LogP contribution in [0.25, 0.3) is 0 Å². The van der Waals surface area contributed by atoms with E-state index in [9.17, 15) is 4.79 Å². The minimum Gasteiger partial charge on any atom is -0.466 e. The minimum absolute atomic E-state index is 0.127. The van der Waals surface area contributed by atoms with Gasteiger partial charge in [0.15, 0.2) is 0 Å². The van der Waals surface area contributed by atoms with Gasteiger partial charge in [0.2, 0.25) is 0 Å². The number of halogens is 1. The lowest BCUT2D eigenvalue weighted by atomic mass is 10.0. The van der Waals surface area contributed by atoms with Crippen molar-refractivity contribution in [3.05, 3.63) is 20.8 Å². The zero-order valence-corrected chi connectivity index (χ0v) is 10.7. The lowest BCUT2D eigenvalue weighted by Gasteiger charge is -2.09. The first-order chi connectivity index (χ1) is 6.65.